The van der Waals surface area contributed by atoms with E-state index in [1.165, 1.54) is 17.6 Å². The van der Waals surface area contributed by atoms with Crippen LogP contribution in [0.1, 0.15) is 73.1 Å². The summed E-state index contributed by atoms with van der Waals surface area (Å²) in [5.41, 5.74) is -0.134. The highest BCUT2D eigenvalue weighted by Crippen LogP contribution is 2.46. The van der Waals surface area contributed by atoms with Crippen molar-refractivity contribution in [1.82, 2.24) is 30.5 Å². The van der Waals surface area contributed by atoms with Crippen LogP contribution in [0.3, 0.4) is 0 Å². The maximum Gasteiger partial charge on any atom is 0.343 e. The van der Waals surface area contributed by atoms with Crippen LogP contribution in [0.4, 0.5) is 14.5 Å². The summed E-state index contributed by atoms with van der Waals surface area (Å²) >= 11 is 0.851. The van der Waals surface area contributed by atoms with Crippen molar-refractivity contribution >= 4 is 77.6 Å². The molecule has 4 amide bonds. The minimum Gasteiger partial charge on any atom is -0.490 e. The number of benzene rings is 2. The quantitative estimate of drug-likeness (QED) is 0.0430. The van der Waals surface area contributed by atoms with Crippen LogP contribution < -0.4 is 31.6 Å². The summed E-state index contributed by atoms with van der Waals surface area (Å²) in [4.78, 5) is 87.4. The molecule has 3 aromatic heterocycles. The van der Waals surface area contributed by atoms with Crippen molar-refractivity contribution in [3.05, 3.63) is 74.1 Å². The first-order valence-electron chi connectivity index (χ1n) is 24.5. The average molecular weight is 1100 g/mol. The van der Waals surface area contributed by atoms with E-state index >= 15 is 4.39 Å². The molecule has 26 heteroatoms. The molecule has 0 radical (unpaired) electrons. The van der Waals surface area contributed by atoms with Crippen molar-refractivity contribution in [2.24, 2.45) is 5.92 Å². The molecule has 22 nitrogen and oxygen atoms in total. The predicted molar refractivity (Wildman–Crippen MR) is 270 cm³/mol. The molecule has 0 bridgehead atoms. The van der Waals surface area contributed by atoms with Crippen molar-refractivity contribution in [3.63, 3.8) is 0 Å². The Morgan fingerprint density at radius 3 is 2.20 bits per heavy atom. The van der Waals surface area contributed by atoms with Gasteiger partial charge in [-0.3, -0.25) is 24.0 Å². The number of hydrogen-bond acceptors (Lipinski definition) is 18. The Morgan fingerprint density at radius 1 is 0.855 bits per heavy atom. The number of nitrogens with zero attached hydrogens (tertiary/aromatic N) is 3. The van der Waals surface area contributed by atoms with E-state index in [0.717, 1.165) is 35.3 Å². The highest BCUT2D eigenvalue weighted by molar-refractivity contribution is 7.92. The number of nitrogens with one attached hydrogen (secondary N) is 4. The topological polar surface area (TPSA) is 291 Å². The molecule has 8 rings (SSSR count). The summed E-state index contributed by atoms with van der Waals surface area (Å²) in [7, 11) is -3.58. The zero-order valence-corrected chi connectivity index (χ0v) is 43.9. The summed E-state index contributed by atoms with van der Waals surface area (Å²) in [6.07, 6.45) is 1.28. The number of thiazole rings is 1. The van der Waals surface area contributed by atoms with Gasteiger partial charge >= 0.3 is 5.97 Å². The van der Waals surface area contributed by atoms with Gasteiger partial charge in [-0.05, 0) is 37.0 Å². The second-order valence-electron chi connectivity index (χ2n) is 18.6. The van der Waals surface area contributed by atoms with Crippen LogP contribution in [0.5, 0.6) is 5.75 Å². The van der Waals surface area contributed by atoms with E-state index in [1.54, 1.807) is 26.8 Å². The van der Waals surface area contributed by atoms with Crippen LogP contribution in [0.2, 0.25) is 0 Å². The van der Waals surface area contributed by atoms with Gasteiger partial charge in [-0.2, -0.15) is 0 Å². The Morgan fingerprint density at radius 2 is 1.53 bits per heavy atom. The number of pyridine rings is 2. The lowest BCUT2D eigenvalue weighted by molar-refractivity contribution is -0.172. The number of esters is 1. The highest BCUT2D eigenvalue weighted by atomic mass is 32.2. The van der Waals surface area contributed by atoms with Gasteiger partial charge in [-0.15, -0.1) is 11.3 Å². The third-order valence-corrected chi connectivity index (χ3v) is 15.7. The molecule has 3 aliphatic rings. The van der Waals surface area contributed by atoms with E-state index < -0.39 is 74.3 Å². The number of fused-ring (bicyclic) bond motifs is 6. The first-order chi connectivity index (χ1) is 36.2. The van der Waals surface area contributed by atoms with Gasteiger partial charge in [0, 0.05) is 54.3 Å². The number of aromatic nitrogens is 3. The Kier molecular flexibility index (Phi) is 17.1. The summed E-state index contributed by atoms with van der Waals surface area (Å²) in [5.74, 6) is -5.45. The molecular formula is C50H57F2N7O15S2. The first-order valence-corrected chi connectivity index (χ1v) is 27.2. The number of ether oxygens (including phenoxy) is 6. The van der Waals surface area contributed by atoms with E-state index in [4.69, 9.17) is 33.4 Å². The monoisotopic (exact) mass is 1100 g/mol. The molecule has 6 heterocycles. The van der Waals surface area contributed by atoms with Gasteiger partial charge in [0.2, 0.25) is 31.9 Å². The van der Waals surface area contributed by atoms with Crippen LogP contribution in [-0.2, 0) is 77.9 Å². The Hall–Kier alpha value is -6.55. The van der Waals surface area contributed by atoms with Crippen LogP contribution in [-0.4, -0.2) is 142 Å². The lowest BCUT2D eigenvalue weighted by atomic mass is 9.86. The molecule has 3 aliphatic heterocycles. The molecule has 0 saturated heterocycles. The van der Waals surface area contributed by atoms with Gasteiger partial charge in [0.25, 0.3) is 11.5 Å². The molecule has 3 atom stereocenters. The lowest BCUT2D eigenvalue weighted by Crippen LogP contribution is -2.53. The molecule has 0 fully saturated rings. The summed E-state index contributed by atoms with van der Waals surface area (Å²) in [6, 6.07) is 2.79. The van der Waals surface area contributed by atoms with Gasteiger partial charge in [-0.25, -0.2) is 32.0 Å². The summed E-state index contributed by atoms with van der Waals surface area (Å²) in [5, 5.41) is 22.1. The van der Waals surface area contributed by atoms with E-state index in [2.05, 4.69) is 26.3 Å². The van der Waals surface area contributed by atoms with Crippen LogP contribution in [0.15, 0.2) is 33.4 Å². The number of sulfone groups is 1. The lowest BCUT2D eigenvalue weighted by Gasteiger charge is -2.31. The fourth-order valence-electron chi connectivity index (χ4n) is 8.96. The average Bonchev–Trinajstić information content (AvgIpc) is 4.00. The van der Waals surface area contributed by atoms with Crippen molar-refractivity contribution in [3.8, 4) is 17.1 Å². The number of hydrogen-bond donors (Lipinski definition) is 5. The number of rotatable bonds is 24. The number of amides is 4. The standard InChI is InChI=1S/C50H57F2N7O15S2/c1-6-50(66)31-20-36-41-29(23-59(36)47(64)30(31)24-74-48(50)65)27-7-11-73-43-39(27)35(55-41)22-33(52)42(43)58-44(61)26(4)54-46(63)40(25(2)3)57-38(60)8-10-69-13-15-71-17-18-72-16-14-70-12-9-53-45(62)28-19-37-34(21-32(28)51)56-49(75-37)76(5,67)68/h19-22,25-26,40,66H,6-18,23-24H2,1-5H3,(H,53,62)(H,54,63)(H,57,60)(H,58,61)/t26-,40-,50-/m0/s1. The summed E-state index contributed by atoms with van der Waals surface area (Å²) in [6.45, 7) is 8.04. The largest absolute Gasteiger partial charge is 0.490 e. The fourth-order valence-corrected chi connectivity index (χ4v) is 10.8. The Bertz CT molecular complexity index is 3300. The van der Waals surface area contributed by atoms with Crippen molar-refractivity contribution in [2.45, 2.75) is 82.1 Å². The molecule has 0 spiro atoms. The van der Waals surface area contributed by atoms with Gasteiger partial charge in [0.05, 0.1) is 104 Å². The second-order valence-corrected chi connectivity index (χ2v) is 21.8. The number of halogens is 2. The Balaban J connectivity index is 0.727. The maximum absolute atomic E-state index is 16.0. The van der Waals surface area contributed by atoms with E-state index in [9.17, 15) is 46.7 Å². The van der Waals surface area contributed by atoms with E-state index in [0.29, 0.717) is 33.5 Å². The molecule has 408 valence electrons. The van der Waals surface area contributed by atoms with Gasteiger partial charge in [0.1, 0.15) is 30.2 Å². The minimum atomic E-state index is -3.58. The normalized spacial score (nSPS) is 16.4. The Labute approximate surface area is 438 Å². The smallest absolute Gasteiger partial charge is 0.343 e. The SMILES string of the molecule is CC[C@@]1(O)C(=O)OCc2c1cc1n(c2=O)Cc2c-1nc1cc(F)c(NC(=O)[C@H](C)NC(=O)[C@@H](NC(=O)CCOCCOCCOCCOCCNC(=O)c3cc4sc(S(C)(=O)=O)nc4cc3F)C(C)C)c3c1c2CCO3. The third kappa shape index (κ3) is 11.7. The molecule has 0 aliphatic carbocycles. The van der Waals surface area contributed by atoms with E-state index in [1.807, 2.05) is 0 Å². The molecule has 0 saturated carbocycles. The minimum absolute atomic E-state index is 0.0278. The fraction of sp³-hybridized carbons (Fsp3) is 0.480. The highest BCUT2D eigenvalue weighted by Gasteiger charge is 2.46. The van der Waals surface area contributed by atoms with Crippen molar-refractivity contribution in [2.75, 3.05) is 77.6 Å². The first kappa shape index (κ1) is 55.7. The predicted octanol–water partition coefficient (Wildman–Crippen LogP) is 2.78. The van der Waals surface area contributed by atoms with Crippen molar-refractivity contribution < 1.29 is 74.7 Å². The molecule has 5 aromatic rings. The number of carbonyl (C=O) groups is 5. The molecule has 2 aromatic carbocycles. The number of cyclic esters (lactones) is 1. The van der Waals surface area contributed by atoms with Gasteiger partial charge < -0.3 is 59.4 Å². The van der Waals surface area contributed by atoms with Crippen LogP contribution >= 0.6 is 11.3 Å². The van der Waals surface area contributed by atoms with Crippen LogP contribution in [0, 0.1) is 17.6 Å². The number of anilines is 1. The molecular weight excluding hydrogens is 1040 g/mol. The second kappa shape index (κ2) is 23.4. The zero-order chi connectivity index (χ0) is 54.6. The molecule has 5 N–H and O–H groups in total. The molecule has 76 heavy (non-hydrogen) atoms. The van der Waals surface area contributed by atoms with Gasteiger partial charge in [-0.1, -0.05) is 20.8 Å². The summed E-state index contributed by atoms with van der Waals surface area (Å²) < 4.78 is 88.8. The molecule has 0 unspecified atom stereocenters. The maximum atomic E-state index is 16.0. The zero-order valence-electron chi connectivity index (χ0n) is 42.2. The number of carbonyl (C=O) groups excluding carboxylic acids is 5. The van der Waals surface area contributed by atoms with E-state index in [-0.39, 0.29) is 141 Å². The number of aliphatic hydroxyl groups is 1. The van der Waals surface area contributed by atoms with Crippen molar-refractivity contribution in [1.29, 1.82) is 0 Å². The van der Waals surface area contributed by atoms with Crippen LogP contribution in [0.25, 0.3) is 32.5 Å². The van der Waals surface area contributed by atoms with Gasteiger partial charge in [0.15, 0.2) is 17.2 Å². The third-order valence-electron chi connectivity index (χ3n) is 13.0.